The molecule has 0 radical (unpaired) electrons. The van der Waals surface area contributed by atoms with Crippen LogP contribution < -0.4 is 20.9 Å². The lowest BCUT2D eigenvalue weighted by molar-refractivity contribution is 0.498. The number of sulfonamides is 1. The zero-order valence-corrected chi connectivity index (χ0v) is 21.6. The summed E-state index contributed by atoms with van der Waals surface area (Å²) in [6, 6.07) is 20.0. The number of rotatable bonds is 8. The van der Waals surface area contributed by atoms with Crippen molar-refractivity contribution in [3.8, 4) is 6.07 Å². The van der Waals surface area contributed by atoms with Gasteiger partial charge in [0.25, 0.3) is 5.56 Å². The molecule has 196 valence electrons. The third-order valence-electron chi connectivity index (χ3n) is 6.75. The second-order valence-electron chi connectivity index (χ2n) is 9.38. The number of nitrogens with two attached hydrogens (primary N) is 1. The Labute approximate surface area is 221 Å². The van der Waals surface area contributed by atoms with Crippen molar-refractivity contribution in [2.24, 2.45) is 5.73 Å². The number of aromatic nitrogens is 3. The van der Waals surface area contributed by atoms with E-state index in [0.29, 0.717) is 35.5 Å². The summed E-state index contributed by atoms with van der Waals surface area (Å²) in [5.41, 5.74) is 7.90. The molecule has 1 aliphatic rings. The predicted molar refractivity (Wildman–Crippen MR) is 145 cm³/mol. The largest absolute Gasteiger partial charge is 0.355 e. The molecule has 0 saturated carbocycles. The zero-order chi connectivity index (χ0) is 26.7. The molecule has 2 aromatic carbocycles. The first kappa shape index (κ1) is 25.7. The first-order valence-corrected chi connectivity index (χ1v) is 14.0. The maximum absolute atomic E-state index is 13.8. The molecule has 1 aliphatic heterocycles. The van der Waals surface area contributed by atoms with E-state index in [1.807, 2.05) is 34.9 Å². The van der Waals surface area contributed by atoms with Crippen LogP contribution >= 0.6 is 0 Å². The highest BCUT2D eigenvalue weighted by molar-refractivity contribution is 7.89. The van der Waals surface area contributed by atoms with Crippen LogP contribution in [0, 0.1) is 11.3 Å². The van der Waals surface area contributed by atoms with Crippen molar-refractivity contribution in [3.63, 3.8) is 0 Å². The molecule has 11 heteroatoms. The van der Waals surface area contributed by atoms with Gasteiger partial charge in [0.1, 0.15) is 28.5 Å². The normalized spacial score (nSPS) is 16.0. The van der Waals surface area contributed by atoms with Crippen LogP contribution in [0.1, 0.15) is 24.0 Å². The van der Waals surface area contributed by atoms with E-state index in [-0.39, 0.29) is 29.6 Å². The lowest BCUT2D eigenvalue weighted by Gasteiger charge is -2.33. The van der Waals surface area contributed by atoms with Crippen molar-refractivity contribution >= 4 is 26.9 Å². The van der Waals surface area contributed by atoms with E-state index in [2.05, 4.69) is 20.7 Å². The van der Waals surface area contributed by atoms with Crippen molar-refractivity contribution in [2.75, 3.05) is 24.5 Å². The summed E-state index contributed by atoms with van der Waals surface area (Å²) >= 11 is 0. The summed E-state index contributed by atoms with van der Waals surface area (Å²) in [7, 11) is -3.71. The number of hydrogen-bond donors (Lipinski definition) is 2. The summed E-state index contributed by atoms with van der Waals surface area (Å²) in [5, 5.41) is 10.1. The molecule has 4 aromatic rings. The summed E-state index contributed by atoms with van der Waals surface area (Å²) in [5.74, 6) is 0.647. The van der Waals surface area contributed by atoms with Gasteiger partial charge in [-0.25, -0.2) is 18.1 Å². The lowest BCUT2D eigenvalue weighted by Crippen LogP contribution is -2.44. The quantitative estimate of drug-likeness (QED) is 0.355. The van der Waals surface area contributed by atoms with E-state index in [4.69, 9.17) is 5.73 Å². The minimum Gasteiger partial charge on any atom is -0.355 e. The van der Waals surface area contributed by atoms with Crippen LogP contribution in [0.15, 0.2) is 76.7 Å². The molecule has 1 unspecified atom stereocenters. The highest BCUT2D eigenvalue weighted by atomic mass is 32.2. The first-order valence-electron chi connectivity index (χ1n) is 12.5. The Balaban J connectivity index is 1.54. The molecule has 2 aromatic heterocycles. The van der Waals surface area contributed by atoms with Gasteiger partial charge in [-0.2, -0.15) is 5.26 Å². The fourth-order valence-corrected chi connectivity index (χ4v) is 5.99. The van der Waals surface area contributed by atoms with Crippen LogP contribution in [0.5, 0.6) is 0 Å². The van der Waals surface area contributed by atoms with E-state index in [1.54, 1.807) is 18.2 Å². The van der Waals surface area contributed by atoms with Gasteiger partial charge in [0.15, 0.2) is 0 Å². The van der Waals surface area contributed by atoms with Gasteiger partial charge in [-0.15, -0.1) is 0 Å². The Morgan fingerprint density at radius 1 is 1.11 bits per heavy atom. The van der Waals surface area contributed by atoms with Gasteiger partial charge in [-0.1, -0.05) is 48.5 Å². The number of nitrogens with zero attached hydrogens (tertiary/aromatic N) is 5. The van der Waals surface area contributed by atoms with Gasteiger partial charge in [0, 0.05) is 38.8 Å². The molecule has 3 N–H and O–H groups in total. The summed E-state index contributed by atoms with van der Waals surface area (Å²) in [4.78, 5) is 20.5. The van der Waals surface area contributed by atoms with Crippen molar-refractivity contribution in [3.05, 3.63) is 88.5 Å². The number of anilines is 1. The molecular formula is C27H29N7O3S. The Bertz CT molecular complexity index is 1640. The van der Waals surface area contributed by atoms with Crippen LogP contribution in [-0.2, 0) is 23.1 Å². The molecule has 10 nitrogen and oxygen atoms in total. The molecule has 1 fully saturated rings. The van der Waals surface area contributed by atoms with Gasteiger partial charge < -0.3 is 15.2 Å². The molecule has 1 atom stereocenters. The Morgan fingerprint density at radius 2 is 1.82 bits per heavy atom. The smallest absolute Gasteiger partial charge is 0.278 e. The standard InChI is InChI=1S/C27H29N7O3S/c28-16-23-24-25(27(35)33(19-30-24)15-13-31-38(36,37)22-11-5-2-6-12-22)34(17-20-8-3-1-4-9-20)26(23)32-14-7-10-21(29)18-32/h1-6,8-9,11-12,19,21,31H,7,10,13-15,17-18,29H2. The number of fused-ring (bicyclic) bond motifs is 1. The van der Waals surface area contributed by atoms with Gasteiger partial charge in [0.2, 0.25) is 10.0 Å². The van der Waals surface area contributed by atoms with Crippen LogP contribution in [-0.4, -0.2) is 48.2 Å². The maximum Gasteiger partial charge on any atom is 0.278 e. The van der Waals surface area contributed by atoms with Crippen LogP contribution in [0.2, 0.25) is 0 Å². The van der Waals surface area contributed by atoms with E-state index in [9.17, 15) is 18.5 Å². The van der Waals surface area contributed by atoms with E-state index in [1.165, 1.54) is 23.0 Å². The number of nitriles is 1. The van der Waals surface area contributed by atoms with Crippen LogP contribution in [0.25, 0.3) is 11.0 Å². The van der Waals surface area contributed by atoms with Gasteiger partial charge in [-0.3, -0.25) is 9.36 Å². The highest BCUT2D eigenvalue weighted by Gasteiger charge is 2.28. The number of nitrogens with one attached hydrogen (secondary N) is 1. The fourth-order valence-electron chi connectivity index (χ4n) is 4.95. The molecule has 0 bridgehead atoms. The van der Waals surface area contributed by atoms with Crippen molar-refractivity contribution in [1.82, 2.24) is 18.8 Å². The second kappa shape index (κ2) is 10.8. The topological polar surface area (TPSA) is 139 Å². The minimum absolute atomic E-state index is 0.00264. The van der Waals surface area contributed by atoms with E-state index in [0.717, 1.165) is 24.9 Å². The summed E-state index contributed by atoms with van der Waals surface area (Å²) < 4.78 is 31.0. The van der Waals surface area contributed by atoms with Crippen LogP contribution in [0.4, 0.5) is 5.82 Å². The summed E-state index contributed by atoms with van der Waals surface area (Å²) in [6.07, 6.45) is 3.17. The third-order valence-corrected chi connectivity index (χ3v) is 8.23. The summed E-state index contributed by atoms with van der Waals surface area (Å²) in [6.45, 7) is 1.76. The fraction of sp³-hybridized carbons (Fsp3) is 0.296. The second-order valence-corrected chi connectivity index (χ2v) is 11.1. The maximum atomic E-state index is 13.8. The molecular weight excluding hydrogens is 502 g/mol. The van der Waals surface area contributed by atoms with E-state index >= 15 is 0 Å². The average molecular weight is 532 g/mol. The molecule has 5 rings (SSSR count). The van der Waals surface area contributed by atoms with Crippen molar-refractivity contribution in [2.45, 2.75) is 36.9 Å². The predicted octanol–water partition coefficient (Wildman–Crippen LogP) is 2.02. The average Bonchev–Trinajstić information content (AvgIpc) is 3.24. The van der Waals surface area contributed by atoms with Crippen LogP contribution in [0.3, 0.4) is 0 Å². The molecule has 1 saturated heterocycles. The lowest BCUT2D eigenvalue weighted by atomic mass is 10.1. The molecule has 3 heterocycles. The molecule has 38 heavy (non-hydrogen) atoms. The van der Waals surface area contributed by atoms with Crippen molar-refractivity contribution in [1.29, 1.82) is 5.26 Å². The monoisotopic (exact) mass is 531 g/mol. The SMILES string of the molecule is N#Cc1c(N2CCCC(N)C2)n(Cc2ccccc2)c2c(=O)n(CCNS(=O)(=O)c3ccccc3)cnc12. The van der Waals surface area contributed by atoms with Gasteiger partial charge in [0.05, 0.1) is 11.2 Å². The van der Waals surface area contributed by atoms with Crippen molar-refractivity contribution < 1.29 is 8.42 Å². The number of hydrogen-bond acceptors (Lipinski definition) is 7. The third kappa shape index (κ3) is 5.06. The number of piperidine rings is 1. The zero-order valence-electron chi connectivity index (χ0n) is 20.8. The van der Waals surface area contributed by atoms with E-state index < -0.39 is 10.0 Å². The molecule has 0 spiro atoms. The number of benzene rings is 2. The van der Waals surface area contributed by atoms with Gasteiger partial charge >= 0.3 is 0 Å². The minimum atomic E-state index is -3.71. The first-order chi connectivity index (χ1) is 18.4. The molecule has 0 amide bonds. The Kier molecular flexibility index (Phi) is 7.28. The Morgan fingerprint density at radius 3 is 2.50 bits per heavy atom. The Hall–Kier alpha value is -3.98. The molecule has 0 aliphatic carbocycles. The highest BCUT2D eigenvalue weighted by Crippen LogP contribution is 2.32. The van der Waals surface area contributed by atoms with Gasteiger partial charge in [-0.05, 0) is 30.5 Å².